The minimum absolute atomic E-state index is 0.272. The fourth-order valence-corrected chi connectivity index (χ4v) is 2.79. The van der Waals surface area contributed by atoms with Crippen molar-refractivity contribution in [3.05, 3.63) is 76.0 Å². The van der Waals surface area contributed by atoms with E-state index < -0.39 is 29.0 Å². The third kappa shape index (κ3) is 4.05. The Morgan fingerprint density at radius 2 is 1.93 bits per heavy atom. The molecule has 0 saturated carbocycles. The van der Waals surface area contributed by atoms with Crippen LogP contribution in [-0.4, -0.2) is 19.8 Å². The van der Waals surface area contributed by atoms with E-state index in [0.717, 1.165) is 9.36 Å². The number of hydrogen-bond donors (Lipinski definition) is 0. The van der Waals surface area contributed by atoms with Gasteiger partial charge in [-0.15, -0.1) is 0 Å². The highest BCUT2D eigenvalue weighted by Gasteiger charge is 2.34. The lowest BCUT2D eigenvalue weighted by molar-refractivity contribution is -0.139. The maximum absolute atomic E-state index is 13.5. The molecule has 3 aromatic rings. The monoisotopic (exact) mass is 408 g/mol. The van der Waals surface area contributed by atoms with Crippen molar-refractivity contribution in [1.82, 2.24) is 19.8 Å². The van der Waals surface area contributed by atoms with Crippen LogP contribution in [0.15, 0.2) is 47.8 Å². The van der Waals surface area contributed by atoms with Crippen LogP contribution in [0.5, 0.6) is 5.75 Å². The van der Waals surface area contributed by atoms with Crippen molar-refractivity contribution in [3.8, 4) is 11.4 Å². The molecule has 0 radical (unpaired) electrons. The molecule has 0 spiro atoms. The minimum Gasteiger partial charge on any atom is -0.488 e. The van der Waals surface area contributed by atoms with E-state index in [9.17, 15) is 22.4 Å². The van der Waals surface area contributed by atoms with Crippen LogP contribution in [-0.2, 0) is 19.8 Å². The predicted octanol–water partition coefficient (Wildman–Crippen LogP) is 3.74. The lowest BCUT2D eigenvalue weighted by Crippen LogP contribution is -2.23. The smallest absolute Gasteiger partial charge is 0.419 e. The van der Waals surface area contributed by atoms with Gasteiger partial charge in [0.05, 0.1) is 11.3 Å². The molecule has 1 heterocycles. The van der Waals surface area contributed by atoms with Gasteiger partial charge in [0.15, 0.2) is 0 Å². The lowest BCUT2D eigenvalue weighted by Gasteiger charge is -2.17. The van der Waals surface area contributed by atoms with E-state index in [0.29, 0.717) is 34.9 Å². The molecule has 0 saturated heterocycles. The van der Waals surface area contributed by atoms with E-state index in [1.54, 1.807) is 25.1 Å². The fourth-order valence-electron chi connectivity index (χ4n) is 2.79. The van der Waals surface area contributed by atoms with Crippen LogP contribution in [0.3, 0.4) is 0 Å². The highest BCUT2D eigenvalue weighted by atomic mass is 19.4. The number of tetrazole rings is 1. The number of alkyl halides is 3. The highest BCUT2D eigenvalue weighted by molar-refractivity contribution is 5.68. The van der Waals surface area contributed by atoms with Crippen molar-refractivity contribution in [1.29, 1.82) is 0 Å². The molecule has 6 nitrogen and oxygen atoms in total. The first-order valence-electron chi connectivity index (χ1n) is 8.36. The van der Waals surface area contributed by atoms with Crippen molar-refractivity contribution in [2.24, 2.45) is 7.05 Å². The summed E-state index contributed by atoms with van der Waals surface area (Å²) in [6, 6.07) is 6.87. The van der Waals surface area contributed by atoms with Gasteiger partial charge in [0.25, 0.3) is 0 Å². The van der Waals surface area contributed by atoms with Gasteiger partial charge in [-0.3, -0.25) is 0 Å². The van der Waals surface area contributed by atoms with Gasteiger partial charge in [0, 0.05) is 18.7 Å². The average molecular weight is 408 g/mol. The standard InChI is InChI=1S/C19H16F4N4O2/c1-11(2)13-5-4-6-16(27-18(28)26(3)24-25-27)14(13)10-29-17-9-12(20)7-8-15(17)19(21,22)23/h4-9H,1,10H2,2-3H3. The lowest BCUT2D eigenvalue weighted by atomic mass is 10.0. The average Bonchev–Trinajstić information content (AvgIpc) is 2.97. The Morgan fingerprint density at radius 3 is 2.52 bits per heavy atom. The molecule has 152 valence electrons. The van der Waals surface area contributed by atoms with Crippen LogP contribution in [0.2, 0.25) is 0 Å². The fraction of sp³-hybridized carbons (Fsp3) is 0.211. The summed E-state index contributed by atoms with van der Waals surface area (Å²) in [4.78, 5) is 12.2. The van der Waals surface area contributed by atoms with Crippen molar-refractivity contribution in [2.75, 3.05) is 0 Å². The summed E-state index contributed by atoms with van der Waals surface area (Å²) < 4.78 is 60.6. The van der Waals surface area contributed by atoms with E-state index in [1.807, 2.05) is 0 Å². The second-order valence-electron chi connectivity index (χ2n) is 6.31. The first kappa shape index (κ1) is 20.3. The molecule has 3 rings (SSSR count). The van der Waals surface area contributed by atoms with Crippen LogP contribution in [0.1, 0.15) is 23.6 Å². The molecule has 0 atom stereocenters. The molecule has 0 fully saturated rings. The molecule has 0 unspecified atom stereocenters. The summed E-state index contributed by atoms with van der Waals surface area (Å²) in [5.74, 6) is -1.53. The van der Waals surface area contributed by atoms with Gasteiger partial charge in [-0.25, -0.2) is 9.18 Å². The highest BCUT2D eigenvalue weighted by Crippen LogP contribution is 2.37. The molecule has 0 N–H and O–H groups in total. The van der Waals surface area contributed by atoms with Gasteiger partial charge in [-0.1, -0.05) is 24.3 Å². The number of halogens is 4. The number of aryl methyl sites for hydroxylation is 1. The van der Waals surface area contributed by atoms with E-state index in [2.05, 4.69) is 17.0 Å². The molecule has 29 heavy (non-hydrogen) atoms. The summed E-state index contributed by atoms with van der Waals surface area (Å²) >= 11 is 0. The maximum atomic E-state index is 13.5. The SMILES string of the molecule is C=C(C)c1cccc(-n2nnn(C)c2=O)c1COc1cc(F)ccc1C(F)(F)F. The maximum Gasteiger partial charge on any atom is 0.419 e. The molecule has 0 aliphatic heterocycles. The van der Waals surface area contributed by atoms with Crippen molar-refractivity contribution >= 4 is 5.57 Å². The number of aromatic nitrogens is 4. The van der Waals surface area contributed by atoms with Gasteiger partial charge in [0.1, 0.15) is 18.2 Å². The van der Waals surface area contributed by atoms with Gasteiger partial charge < -0.3 is 4.74 Å². The van der Waals surface area contributed by atoms with Gasteiger partial charge in [-0.05, 0) is 41.1 Å². The Labute approximate surface area is 162 Å². The first-order valence-corrected chi connectivity index (χ1v) is 8.36. The van der Waals surface area contributed by atoms with Gasteiger partial charge in [0.2, 0.25) is 0 Å². The number of nitrogens with zero attached hydrogens (tertiary/aromatic N) is 4. The number of hydrogen-bond acceptors (Lipinski definition) is 4. The third-order valence-corrected chi connectivity index (χ3v) is 4.18. The topological polar surface area (TPSA) is 61.9 Å². The van der Waals surface area contributed by atoms with Gasteiger partial charge >= 0.3 is 11.9 Å². The summed E-state index contributed by atoms with van der Waals surface area (Å²) in [7, 11) is 1.41. The summed E-state index contributed by atoms with van der Waals surface area (Å²) in [6.07, 6.45) is -4.72. The molecule has 10 heteroatoms. The zero-order valence-corrected chi connectivity index (χ0v) is 15.5. The number of rotatable bonds is 5. The van der Waals surface area contributed by atoms with Crippen molar-refractivity contribution in [2.45, 2.75) is 19.7 Å². The van der Waals surface area contributed by atoms with Gasteiger partial charge in [-0.2, -0.15) is 22.5 Å². The zero-order chi connectivity index (χ0) is 21.3. The quantitative estimate of drug-likeness (QED) is 0.604. The van der Waals surface area contributed by atoms with Crippen LogP contribution in [0, 0.1) is 5.82 Å². The Balaban J connectivity index is 2.09. The Hall–Kier alpha value is -3.43. The molecule has 0 aliphatic rings. The number of allylic oxidation sites excluding steroid dienone is 1. The number of ether oxygens (including phenoxy) is 1. The summed E-state index contributed by atoms with van der Waals surface area (Å²) in [5, 5.41) is 7.40. The number of benzene rings is 2. The Kier molecular flexibility index (Phi) is 5.27. The largest absolute Gasteiger partial charge is 0.488 e. The van der Waals surface area contributed by atoms with E-state index in [1.165, 1.54) is 7.05 Å². The van der Waals surface area contributed by atoms with Crippen molar-refractivity contribution < 1.29 is 22.3 Å². The van der Waals surface area contributed by atoms with Crippen LogP contribution in [0.25, 0.3) is 11.3 Å². The van der Waals surface area contributed by atoms with Crippen LogP contribution >= 0.6 is 0 Å². The third-order valence-electron chi connectivity index (χ3n) is 4.18. The second kappa shape index (κ2) is 7.53. The molecule has 1 aromatic heterocycles. The molecule has 2 aromatic carbocycles. The first-order chi connectivity index (χ1) is 13.6. The van der Waals surface area contributed by atoms with Crippen LogP contribution in [0.4, 0.5) is 17.6 Å². The molecule has 0 aliphatic carbocycles. The second-order valence-corrected chi connectivity index (χ2v) is 6.31. The predicted molar refractivity (Wildman–Crippen MR) is 97.0 cm³/mol. The Morgan fingerprint density at radius 1 is 1.21 bits per heavy atom. The summed E-state index contributed by atoms with van der Waals surface area (Å²) in [5.41, 5.74) is 0.132. The van der Waals surface area contributed by atoms with Crippen LogP contribution < -0.4 is 10.4 Å². The van der Waals surface area contributed by atoms with E-state index in [4.69, 9.17) is 4.74 Å². The van der Waals surface area contributed by atoms with E-state index in [-0.39, 0.29) is 12.3 Å². The van der Waals surface area contributed by atoms with E-state index >= 15 is 0 Å². The minimum atomic E-state index is -4.72. The Bertz CT molecular complexity index is 1130. The molecular weight excluding hydrogens is 392 g/mol. The van der Waals surface area contributed by atoms with Crippen molar-refractivity contribution in [3.63, 3.8) is 0 Å². The normalized spacial score (nSPS) is 11.5. The zero-order valence-electron chi connectivity index (χ0n) is 15.5. The summed E-state index contributed by atoms with van der Waals surface area (Å²) in [6.45, 7) is 5.17. The molecular formula is C19H16F4N4O2. The molecule has 0 bridgehead atoms. The molecule has 0 amide bonds.